The summed E-state index contributed by atoms with van der Waals surface area (Å²) in [5.41, 5.74) is 2.83. The molecule has 0 spiro atoms. The number of rotatable bonds is 4. The Morgan fingerprint density at radius 1 is 1.15 bits per heavy atom. The third-order valence-electron chi connectivity index (χ3n) is 3.78. The molecule has 26 heavy (non-hydrogen) atoms. The van der Waals surface area contributed by atoms with Gasteiger partial charge in [-0.15, -0.1) is 0 Å². The van der Waals surface area contributed by atoms with E-state index >= 15 is 0 Å². The van der Waals surface area contributed by atoms with Crippen molar-refractivity contribution in [2.45, 2.75) is 6.54 Å². The number of imidazole rings is 1. The topological polar surface area (TPSA) is 94.5 Å². The molecular formula is C18H17N5O3. The van der Waals surface area contributed by atoms with Gasteiger partial charge in [0.2, 0.25) is 0 Å². The van der Waals surface area contributed by atoms with Crippen molar-refractivity contribution in [3.63, 3.8) is 0 Å². The summed E-state index contributed by atoms with van der Waals surface area (Å²) in [5, 5.41) is 11.2. The van der Waals surface area contributed by atoms with Crippen molar-refractivity contribution in [1.29, 1.82) is 0 Å². The first-order chi connectivity index (χ1) is 12.8. The maximum atomic E-state index is 8.36. The largest absolute Gasteiger partial charge is 0.496 e. The van der Waals surface area contributed by atoms with Gasteiger partial charge in [-0.05, 0) is 24.3 Å². The maximum absolute atomic E-state index is 8.36. The molecule has 0 bridgehead atoms. The highest BCUT2D eigenvalue weighted by atomic mass is 16.5. The van der Waals surface area contributed by atoms with Crippen molar-refractivity contribution >= 4 is 12.1 Å². The normalized spacial score (nSPS) is 10.2. The summed E-state index contributed by atoms with van der Waals surface area (Å²) in [6, 6.07) is 13.8. The Labute approximate surface area is 149 Å². The van der Waals surface area contributed by atoms with Gasteiger partial charge in [0.05, 0.1) is 24.9 Å². The third kappa shape index (κ3) is 3.39. The highest BCUT2D eigenvalue weighted by Gasteiger charge is 2.12. The molecule has 0 radical (unpaired) electrons. The molecule has 0 atom stereocenters. The Morgan fingerprint density at radius 3 is 2.77 bits per heavy atom. The standard InChI is InChI=1S/C17H15N5O.CH2O2/c1-23-15-7-3-2-6-14(15)17-18-9-10-21(17)11-13-5-4-8-16-19-12-20-22(13)16;2-1-3/h2-10,12H,11H2,1H3;1H,(H,2,3). The number of para-hydroxylation sites is 1. The first-order valence-electron chi connectivity index (χ1n) is 7.78. The van der Waals surface area contributed by atoms with E-state index in [-0.39, 0.29) is 6.47 Å². The lowest BCUT2D eigenvalue weighted by Gasteiger charge is -2.11. The number of methoxy groups -OCH3 is 1. The van der Waals surface area contributed by atoms with Crippen molar-refractivity contribution in [2.24, 2.45) is 0 Å². The molecule has 0 saturated heterocycles. The minimum absolute atomic E-state index is 0.250. The summed E-state index contributed by atoms with van der Waals surface area (Å²) in [7, 11) is 1.67. The Hall–Kier alpha value is -3.68. The number of nitrogens with zero attached hydrogens (tertiary/aromatic N) is 5. The van der Waals surface area contributed by atoms with Crippen LogP contribution in [-0.4, -0.2) is 42.8 Å². The van der Waals surface area contributed by atoms with Crippen LogP contribution in [0.5, 0.6) is 5.75 Å². The zero-order valence-electron chi connectivity index (χ0n) is 14.1. The highest BCUT2D eigenvalue weighted by Crippen LogP contribution is 2.28. The Bertz CT molecular complexity index is 1010. The summed E-state index contributed by atoms with van der Waals surface area (Å²) >= 11 is 0. The first-order valence-corrected chi connectivity index (χ1v) is 7.78. The predicted octanol–water partition coefficient (Wildman–Crippen LogP) is 2.35. The average molecular weight is 351 g/mol. The molecule has 0 amide bonds. The van der Waals surface area contributed by atoms with Crippen molar-refractivity contribution < 1.29 is 14.6 Å². The molecule has 0 aliphatic rings. The fourth-order valence-electron chi connectivity index (χ4n) is 2.71. The molecule has 3 aromatic heterocycles. The number of hydrogen-bond acceptors (Lipinski definition) is 5. The van der Waals surface area contributed by atoms with Crippen LogP contribution in [0.25, 0.3) is 17.0 Å². The van der Waals surface area contributed by atoms with Crippen LogP contribution < -0.4 is 4.74 Å². The fraction of sp³-hybridized carbons (Fsp3) is 0.111. The summed E-state index contributed by atoms with van der Waals surface area (Å²) < 4.78 is 9.37. The minimum atomic E-state index is -0.250. The van der Waals surface area contributed by atoms with Gasteiger partial charge in [0.1, 0.15) is 17.9 Å². The number of pyridine rings is 1. The van der Waals surface area contributed by atoms with E-state index in [1.165, 1.54) is 0 Å². The van der Waals surface area contributed by atoms with Crippen molar-refractivity contribution in [3.05, 3.63) is 66.9 Å². The molecular weight excluding hydrogens is 334 g/mol. The molecule has 3 heterocycles. The van der Waals surface area contributed by atoms with Gasteiger partial charge in [-0.25, -0.2) is 14.5 Å². The number of hydrogen-bond donors (Lipinski definition) is 1. The summed E-state index contributed by atoms with van der Waals surface area (Å²) in [4.78, 5) is 17.1. The zero-order valence-corrected chi connectivity index (χ0v) is 14.1. The van der Waals surface area contributed by atoms with Crippen LogP contribution in [0.3, 0.4) is 0 Å². The van der Waals surface area contributed by atoms with Crippen LogP contribution in [0, 0.1) is 0 Å². The van der Waals surface area contributed by atoms with Gasteiger partial charge in [0.25, 0.3) is 6.47 Å². The molecule has 4 rings (SSSR count). The molecule has 0 saturated carbocycles. The van der Waals surface area contributed by atoms with Gasteiger partial charge >= 0.3 is 0 Å². The molecule has 8 nitrogen and oxygen atoms in total. The van der Waals surface area contributed by atoms with Gasteiger partial charge in [0.15, 0.2) is 5.65 Å². The molecule has 8 heteroatoms. The van der Waals surface area contributed by atoms with Crippen LogP contribution >= 0.6 is 0 Å². The van der Waals surface area contributed by atoms with E-state index in [0.717, 1.165) is 28.5 Å². The van der Waals surface area contributed by atoms with E-state index in [9.17, 15) is 0 Å². The number of aromatic nitrogens is 5. The van der Waals surface area contributed by atoms with Gasteiger partial charge in [-0.2, -0.15) is 5.10 Å². The van der Waals surface area contributed by atoms with E-state index in [2.05, 4.69) is 19.6 Å². The molecule has 0 unspecified atom stereocenters. The molecule has 132 valence electrons. The smallest absolute Gasteiger partial charge is 0.290 e. The maximum Gasteiger partial charge on any atom is 0.290 e. The molecule has 4 aromatic rings. The Morgan fingerprint density at radius 2 is 1.96 bits per heavy atom. The van der Waals surface area contributed by atoms with Crippen LogP contribution in [0.4, 0.5) is 0 Å². The molecule has 0 fully saturated rings. The minimum Gasteiger partial charge on any atom is -0.496 e. The first kappa shape index (κ1) is 17.2. The average Bonchev–Trinajstić information content (AvgIpc) is 3.32. The molecule has 0 aliphatic heterocycles. The summed E-state index contributed by atoms with van der Waals surface area (Å²) in [5.74, 6) is 1.67. The number of carboxylic acid groups (broad SMARTS) is 1. The number of benzene rings is 1. The van der Waals surface area contributed by atoms with Crippen molar-refractivity contribution in [2.75, 3.05) is 7.11 Å². The van der Waals surface area contributed by atoms with Gasteiger partial charge in [0, 0.05) is 12.4 Å². The summed E-state index contributed by atoms with van der Waals surface area (Å²) in [6.07, 6.45) is 5.31. The second-order valence-corrected chi connectivity index (χ2v) is 5.23. The van der Waals surface area contributed by atoms with Gasteiger partial charge in [-0.1, -0.05) is 18.2 Å². The fourth-order valence-corrected chi connectivity index (χ4v) is 2.71. The molecule has 0 aliphatic carbocycles. The molecule has 1 aromatic carbocycles. The predicted molar refractivity (Wildman–Crippen MR) is 95.0 cm³/mol. The number of ether oxygens (including phenoxy) is 1. The SMILES string of the molecule is COc1ccccc1-c1nccn1Cc1cccc2ncnn12.O=CO. The second kappa shape index (κ2) is 7.93. The van der Waals surface area contributed by atoms with Crippen LogP contribution in [0.1, 0.15) is 5.69 Å². The van der Waals surface area contributed by atoms with E-state index in [1.54, 1.807) is 19.6 Å². The summed E-state index contributed by atoms with van der Waals surface area (Å²) in [6.45, 7) is 0.397. The lowest BCUT2D eigenvalue weighted by atomic mass is 10.2. The lowest BCUT2D eigenvalue weighted by Crippen LogP contribution is -2.07. The van der Waals surface area contributed by atoms with Crippen molar-refractivity contribution in [3.8, 4) is 17.1 Å². The lowest BCUT2D eigenvalue weighted by molar-refractivity contribution is -0.122. The Kier molecular flexibility index (Phi) is 5.23. The van der Waals surface area contributed by atoms with E-state index in [0.29, 0.717) is 6.54 Å². The van der Waals surface area contributed by atoms with E-state index in [4.69, 9.17) is 14.6 Å². The van der Waals surface area contributed by atoms with Gasteiger partial charge in [-0.3, -0.25) is 4.79 Å². The van der Waals surface area contributed by atoms with Crippen molar-refractivity contribution in [1.82, 2.24) is 24.1 Å². The quantitative estimate of drug-likeness (QED) is 0.567. The Balaban J connectivity index is 0.000000613. The monoisotopic (exact) mass is 351 g/mol. The second-order valence-electron chi connectivity index (χ2n) is 5.23. The number of carbonyl (C=O) groups is 1. The zero-order chi connectivity index (χ0) is 18.4. The number of fused-ring (bicyclic) bond motifs is 1. The molecule has 1 N–H and O–H groups in total. The van der Waals surface area contributed by atoms with Crippen LogP contribution in [-0.2, 0) is 11.3 Å². The third-order valence-corrected chi connectivity index (χ3v) is 3.78. The van der Waals surface area contributed by atoms with Crippen LogP contribution in [0.2, 0.25) is 0 Å². The highest BCUT2D eigenvalue weighted by molar-refractivity contribution is 5.64. The van der Waals surface area contributed by atoms with Gasteiger partial charge < -0.3 is 14.4 Å². The van der Waals surface area contributed by atoms with E-state index < -0.39 is 0 Å². The van der Waals surface area contributed by atoms with E-state index in [1.807, 2.05) is 53.2 Å². The van der Waals surface area contributed by atoms with Crippen LogP contribution in [0.15, 0.2) is 61.2 Å².